The number of halogens is 1. The third-order valence-electron chi connectivity index (χ3n) is 4.92. The van der Waals surface area contributed by atoms with Crippen LogP contribution in [0, 0.1) is 5.82 Å². The molecule has 5 heteroatoms. The Morgan fingerprint density at radius 1 is 0.923 bits per heavy atom. The Bertz CT molecular complexity index is 839. The van der Waals surface area contributed by atoms with Crippen LogP contribution in [-0.4, -0.2) is 14.8 Å². The average molecular weight is 367 g/mol. The largest absolute Gasteiger partial charge is 0.274 e. The summed E-state index contributed by atoms with van der Waals surface area (Å²) in [4.78, 5) is 0. The maximum atomic E-state index is 13.1. The molecule has 0 amide bonds. The Kier molecular flexibility index (Phi) is 5.34. The van der Waals surface area contributed by atoms with Crippen molar-refractivity contribution in [1.82, 2.24) is 14.8 Å². The van der Waals surface area contributed by atoms with Gasteiger partial charge < -0.3 is 0 Å². The summed E-state index contributed by atoms with van der Waals surface area (Å²) in [6, 6.07) is 17.0. The van der Waals surface area contributed by atoms with Crippen LogP contribution in [0.5, 0.6) is 0 Å². The highest BCUT2D eigenvalue weighted by Gasteiger charge is 2.24. The molecule has 0 radical (unpaired) electrons. The smallest absolute Gasteiger partial charge is 0.196 e. The summed E-state index contributed by atoms with van der Waals surface area (Å²) in [5.41, 5.74) is 2.19. The van der Waals surface area contributed by atoms with Gasteiger partial charge in [-0.05, 0) is 42.7 Å². The topological polar surface area (TPSA) is 30.7 Å². The number of rotatable bonds is 5. The summed E-state index contributed by atoms with van der Waals surface area (Å²) in [6.07, 6.45) is 6.23. The number of aromatic nitrogens is 3. The standard InChI is InChI=1S/C21H22FN3S/c22-18-13-11-16(12-14-18)15-26-21-24-23-20(17-7-3-1-4-8-17)25(21)19-9-5-2-6-10-19/h2,5-6,9-14,17H,1,3-4,7-8,15H2. The number of para-hydroxylation sites is 1. The van der Waals surface area contributed by atoms with E-state index in [9.17, 15) is 4.39 Å². The normalized spacial score (nSPS) is 15.3. The van der Waals surface area contributed by atoms with Crippen LogP contribution in [0.4, 0.5) is 4.39 Å². The minimum absolute atomic E-state index is 0.203. The van der Waals surface area contributed by atoms with E-state index in [1.165, 1.54) is 44.2 Å². The molecule has 3 nitrogen and oxygen atoms in total. The van der Waals surface area contributed by atoms with Crippen LogP contribution in [0.15, 0.2) is 59.8 Å². The second-order valence-electron chi connectivity index (χ2n) is 6.76. The highest BCUT2D eigenvalue weighted by atomic mass is 32.2. The van der Waals surface area contributed by atoms with Crippen molar-refractivity contribution in [2.45, 2.75) is 48.9 Å². The van der Waals surface area contributed by atoms with Gasteiger partial charge in [0.05, 0.1) is 0 Å². The molecule has 26 heavy (non-hydrogen) atoms. The van der Waals surface area contributed by atoms with E-state index in [2.05, 4.69) is 39.0 Å². The van der Waals surface area contributed by atoms with Crippen molar-refractivity contribution in [1.29, 1.82) is 0 Å². The third kappa shape index (κ3) is 3.83. The van der Waals surface area contributed by atoms with E-state index in [1.54, 1.807) is 11.8 Å². The summed E-state index contributed by atoms with van der Waals surface area (Å²) in [5.74, 6) is 2.11. The first-order valence-electron chi connectivity index (χ1n) is 9.19. The SMILES string of the molecule is Fc1ccc(CSc2nnc(C3CCCCC3)n2-c2ccccc2)cc1. The lowest BCUT2D eigenvalue weighted by molar-refractivity contribution is 0.423. The van der Waals surface area contributed by atoms with Crippen LogP contribution >= 0.6 is 11.8 Å². The summed E-state index contributed by atoms with van der Waals surface area (Å²) in [6.45, 7) is 0. The molecule has 2 aromatic carbocycles. The Morgan fingerprint density at radius 2 is 1.65 bits per heavy atom. The van der Waals surface area contributed by atoms with E-state index >= 15 is 0 Å². The first kappa shape index (κ1) is 17.3. The summed E-state index contributed by atoms with van der Waals surface area (Å²) in [7, 11) is 0. The molecule has 1 fully saturated rings. The van der Waals surface area contributed by atoms with Gasteiger partial charge in [-0.15, -0.1) is 10.2 Å². The molecule has 0 bridgehead atoms. The number of nitrogens with zero attached hydrogens (tertiary/aromatic N) is 3. The molecule has 3 aromatic rings. The van der Waals surface area contributed by atoms with Gasteiger partial charge >= 0.3 is 0 Å². The molecule has 1 saturated carbocycles. The van der Waals surface area contributed by atoms with Crippen molar-refractivity contribution in [3.63, 3.8) is 0 Å². The fourth-order valence-electron chi connectivity index (χ4n) is 3.55. The molecular weight excluding hydrogens is 345 g/mol. The Labute approximate surface area is 157 Å². The lowest BCUT2D eigenvalue weighted by atomic mass is 9.88. The van der Waals surface area contributed by atoms with Crippen LogP contribution in [0.3, 0.4) is 0 Å². The van der Waals surface area contributed by atoms with E-state index in [1.807, 2.05) is 18.2 Å². The maximum absolute atomic E-state index is 13.1. The second kappa shape index (κ2) is 8.04. The van der Waals surface area contributed by atoms with Gasteiger partial charge in [-0.25, -0.2) is 4.39 Å². The second-order valence-corrected chi connectivity index (χ2v) is 7.70. The van der Waals surface area contributed by atoms with Crippen LogP contribution < -0.4 is 0 Å². The zero-order valence-electron chi connectivity index (χ0n) is 14.6. The van der Waals surface area contributed by atoms with E-state index < -0.39 is 0 Å². The fourth-order valence-corrected chi connectivity index (χ4v) is 4.46. The zero-order valence-corrected chi connectivity index (χ0v) is 15.5. The van der Waals surface area contributed by atoms with Gasteiger partial charge in [-0.2, -0.15) is 0 Å². The lowest BCUT2D eigenvalue weighted by Gasteiger charge is -2.22. The van der Waals surface area contributed by atoms with Crippen molar-refractivity contribution in [3.8, 4) is 5.69 Å². The van der Waals surface area contributed by atoms with E-state index in [-0.39, 0.29) is 5.82 Å². The lowest BCUT2D eigenvalue weighted by Crippen LogP contribution is -2.11. The quantitative estimate of drug-likeness (QED) is 0.538. The Hall–Kier alpha value is -2.14. The molecule has 1 aliphatic carbocycles. The molecule has 0 N–H and O–H groups in total. The van der Waals surface area contributed by atoms with Gasteiger partial charge in [0.15, 0.2) is 5.16 Å². The molecule has 1 aromatic heterocycles. The first-order valence-corrected chi connectivity index (χ1v) is 10.2. The van der Waals surface area contributed by atoms with E-state index in [0.717, 1.165) is 28.0 Å². The molecule has 0 spiro atoms. The van der Waals surface area contributed by atoms with Crippen LogP contribution in [0.25, 0.3) is 5.69 Å². The van der Waals surface area contributed by atoms with E-state index in [4.69, 9.17) is 0 Å². The van der Waals surface area contributed by atoms with Gasteiger partial charge in [0, 0.05) is 17.4 Å². The van der Waals surface area contributed by atoms with Crippen LogP contribution in [-0.2, 0) is 5.75 Å². The molecule has 0 aliphatic heterocycles. The van der Waals surface area contributed by atoms with E-state index in [0.29, 0.717) is 5.92 Å². The molecule has 4 rings (SSSR count). The van der Waals surface area contributed by atoms with Crippen molar-refractivity contribution in [2.24, 2.45) is 0 Å². The molecular formula is C21H22FN3S. The van der Waals surface area contributed by atoms with Crippen molar-refractivity contribution in [3.05, 3.63) is 71.8 Å². The summed E-state index contributed by atoms with van der Waals surface area (Å²) < 4.78 is 15.3. The molecule has 1 heterocycles. The number of hydrogen-bond donors (Lipinski definition) is 0. The molecule has 0 saturated heterocycles. The summed E-state index contributed by atoms with van der Waals surface area (Å²) in [5, 5.41) is 9.98. The minimum Gasteiger partial charge on any atom is -0.274 e. The van der Waals surface area contributed by atoms with Gasteiger partial charge in [-0.3, -0.25) is 4.57 Å². The van der Waals surface area contributed by atoms with Crippen molar-refractivity contribution >= 4 is 11.8 Å². The third-order valence-corrected chi connectivity index (χ3v) is 5.92. The molecule has 1 aliphatic rings. The predicted molar refractivity (Wildman–Crippen MR) is 103 cm³/mol. The number of thioether (sulfide) groups is 1. The summed E-state index contributed by atoms with van der Waals surface area (Å²) >= 11 is 1.65. The molecule has 134 valence electrons. The van der Waals surface area contributed by atoms with Crippen molar-refractivity contribution in [2.75, 3.05) is 0 Å². The maximum Gasteiger partial charge on any atom is 0.196 e. The molecule has 0 unspecified atom stereocenters. The minimum atomic E-state index is -0.203. The molecule has 0 atom stereocenters. The number of hydrogen-bond acceptors (Lipinski definition) is 3. The highest BCUT2D eigenvalue weighted by Crippen LogP contribution is 2.35. The van der Waals surface area contributed by atoms with Gasteiger partial charge in [0.2, 0.25) is 0 Å². The van der Waals surface area contributed by atoms with Gasteiger partial charge in [0.1, 0.15) is 11.6 Å². The van der Waals surface area contributed by atoms with Crippen molar-refractivity contribution < 1.29 is 4.39 Å². The fraction of sp³-hybridized carbons (Fsp3) is 0.333. The highest BCUT2D eigenvalue weighted by molar-refractivity contribution is 7.98. The van der Waals surface area contributed by atoms with Crippen LogP contribution in [0.2, 0.25) is 0 Å². The zero-order chi connectivity index (χ0) is 17.8. The monoisotopic (exact) mass is 367 g/mol. The van der Waals surface area contributed by atoms with Gasteiger partial charge in [-0.1, -0.05) is 61.4 Å². The Morgan fingerprint density at radius 3 is 2.38 bits per heavy atom. The number of benzene rings is 2. The average Bonchev–Trinajstić information content (AvgIpc) is 3.13. The van der Waals surface area contributed by atoms with Gasteiger partial charge in [0.25, 0.3) is 0 Å². The van der Waals surface area contributed by atoms with Crippen LogP contribution in [0.1, 0.15) is 49.4 Å². The first-order chi connectivity index (χ1) is 12.8. The predicted octanol–water partition coefficient (Wildman–Crippen LogP) is 5.75. The Balaban J connectivity index is 1.63.